The van der Waals surface area contributed by atoms with Crippen LogP contribution in [0.5, 0.6) is 0 Å². The van der Waals surface area contributed by atoms with Gasteiger partial charge in [0.15, 0.2) is 6.17 Å². The maximum Gasteiger partial charge on any atom is 0.153 e. The summed E-state index contributed by atoms with van der Waals surface area (Å²) in [6.07, 6.45) is 3.05. The first kappa shape index (κ1) is 8.18. The third-order valence-electron chi connectivity index (χ3n) is 2.10. The van der Waals surface area contributed by atoms with E-state index in [0.717, 1.165) is 0 Å². The lowest BCUT2D eigenvalue weighted by molar-refractivity contribution is 0.167. The van der Waals surface area contributed by atoms with E-state index in [9.17, 15) is 0 Å². The molecule has 3 N–H and O–H groups in total. The molecule has 70 valence electrons. The van der Waals surface area contributed by atoms with Crippen molar-refractivity contribution in [3.05, 3.63) is 0 Å². The number of amidine groups is 1. The number of hydrogen-bond donors (Lipinski definition) is 2. The SMILES string of the molecule is NC1=NC=NC2C1C=NN2CCO. The Morgan fingerprint density at radius 1 is 1.62 bits per heavy atom. The van der Waals surface area contributed by atoms with Crippen LogP contribution in [0.15, 0.2) is 15.1 Å². The largest absolute Gasteiger partial charge is 0.394 e. The molecule has 6 nitrogen and oxygen atoms in total. The third kappa shape index (κ3) is 1.29. The number of hydrogen-bond acceptors (Lipinski definition) is 6. The number of aliphatic hydroxyl groups is 1. The molecule has 0 bridgehead atoms. The van der Waals surface area contributed by atoms with Gasteiger partial charge in [0, 0.05) is 6.21 Å². The average molecular weight is 181 g/mol. The summed E-state index contributed by atoms with van der Waals surface area (Å²) in [5.74, 6) is 0.501. The number of hydrazone groups is 1. The zero-order valence-corrected chi connectivity index (χ0v) is 7.04. The van der Waals surface area contributed by atoms with Gasteiger partial charge in [-0.2, -0.15) is 5.10 Å². The molecule has 0 aromatic carbocycles. The normalized spacial score (nSPS) is 30.5. The summed E-state index contributed by atoms with van der Waals surface area (Å²) in [6, 6.07) is 0. The highest BCUT2D eigenvalue weighted by atomic mass is 16.3. The van der Waals surface area contributed by atoms with Gasteiger partial charge >= 0.3 is 0 Å². The van der Waals surface area contributed by atoms with Crippen LogP contribution in [0.3, 0.4) is 0 Å². The minimum absolute atomic E-state index is 0.0310. The van der Waals surface area contributed by atoms with Crippen LogP contribution in [0.4, 0.5) is 0 Å². The van der Waals surface area contributed by atoms with E-state index in [1.165, 1.54) is 6.34 Å². The molecule has 2 rings (SSSR count). The summed E-state index contributed by atoms with van der Waals surface area (Å²) in [7, 11) is 0. The minimum atomic E-state index is -0.107. The zero-order valence-electron chi connectivity index (χ0n) is 7.04. The van der Waals surface area contributed by atoms with Crippen LogP contribution in [0.25, 0.3) is 0 Å². The number of aliphatic imine (C=N–C) groups is 2. The van der Waals surface area contributed by atoms with Gasteiger partial charge in [-0.05, 0) is 0 Å². The summed E-state index contributed by atoms with van der Waals surface area (Å²) in [5.41, 5.74) is 5.66. The molecular formula is C7H11N5O. The molecule has 0 amide bonds. The van der Waals surface area contributed by atoms with E-state index >= 15 is 0 Å². The van der Waals surface area contributed by atoms with Gasteiger partial charge in [-0.15, -0.1) is 0 Å². The van der Waals surface area contributed by atoms with Gasteiger partial charge < -0.3 is 10.8 Å². The van der Waals surface area contributed by atoms with E-state index in [0.29, 0.717) is 12.4 Å². The van der Waals surface area contributed by atoms with Gasteiger partial charge in [-0.3, -0.25) is 5.01 Å². The van der Waals surface area contributed by atoms with Crippen LogP contribution in [-0.2, 0) is 0 Å². The van der Waals surface area contributed by atoms with E-state index in [1.54, 1.807) is 11.2 Å². The van der Waals surface area contributed by atoms with Crippen LogP contribution < -0.4 is 5.73 Å². The van der Waals surface area contributed by atoms with Crippen LogP contribution in [0.2, 0.25) is 0 Å². The maximum absolute atomic E-state index is 8.75. The van der Waals surface area contributed by atoms with Gasteiger partial charge in [0.25, 0.3) is 0 Å². The quantitative estimate of drug-likeness (QED) is 0.550. The molecule has 6 heteroatoms. The molecule has 0 spiro atoms. The molecule has 13 heavy (non-hydrogen) atoms. The number of aliphatic hydroxyl groups excluding tert-OH is 1. The summed E-state index contributed by atoms with van der Waals surface area (Å²) in [4.78, 5) is 8.03. The van der Waals surface area contributed by atoms with Crippen LogP contribution >= 0.6 is 0 Å². The zero-order chi connectivity index (χ0) is 9.26. The summed E-state index contributed by atoms with van der Waals surface area (Å²) in [5, 5.41) is 14.6. The van der Waals surface area contributed by atoms with Gasteiger partial charge in [0.05, 0.1) is 19.1 Å². The average Bonchev–Trinajstić information content (AvgIpc) is 2.51. The van der Waals surface area contributed by atoms with Crippen molar-refractivity contribution in [1.29, 1.82) is 0 Å². The number of nitrogens with zero attached hydrogens (tertiary/aromatic N) is 4. The molecule has 2 unspecified atom stereocenters. The van der Waals surface area contributed by atoms with Crippen molar-refractivity contribution >= 4 is 18.4 Å². The Kier molecular flexibility index (Phi) is 1.97. The Balaban J connectivity index is 2.13. The Hall–Kier alpha value is -1.43. The highest BCUT2D eigenvalue weighted by molar-refractivity contribution is 6.02. The molecule has 2 heterocycles. The monoisotopic (exact) mass is 181 g/mol. The summed E-state index contributed by atoms with van der Waals surface area (Å²) < 4.78 is 0. The lowest BCUT2D eigenvalue weighted by atomic mass is 10.1. The molecule has 0 saturated heterocycles. The second-order valence-electron chi connectivity index (χ2n) is 2.91. The molecule has 0 aliphatic carbocycles. The molecule has 0 fully saturated rings. The fourth-order valence-corrected chi connectivity index (χ4v) is 1.43. The molecular weight excluding hydrogens is 170 g/mol. The maximum atomic E-state index is 8.75. The number of fused-ring (bicyclic) bond motifs is 1. The first-order valence-electron chi connectivity index (χ1n) is 4.09. The van der Waals surface area contributed by atoms with E-state index in [2.05, 4.69) is 15.1 Å². The van der Waals surface area contributed by atoms with Crippen molar-refractivity contribution in [2.24, 2.45) is 26.7 Å². The first-order chi connectivity index (χ1) is 6.33. The molecule has 0 radical (unpaired) electrons. The molecule has 2 atom stereocenters. The lowest BCUT2D eigenvalue weighted by Crippen LogP contribution is -2.41. The van der Waals surface area contributed by atoms with Crippen molar-refractivity contribution < 1.29 is 5.11 Å². The topological polar surface area (TPSA) is 86.6 Å². The number of β-amino-alcohol motifs (C(OH)–C–C–N with tert-alkyl or cyclic N) is 1. The Bertz CT molecular complexity index is 285. The van der Waals surface area contributed by atoms with E-state index < -0.39 is 0 Å². The number of nitrogens with two attached hydrogens (primary N) is 1. The first-order valence-corrected chi connectivity index (χ1v) is 4.09. The van der Waals surface area contributed by atoms with E-state index in [1.807, 2.05) is 0 Å². The van der Waals surface area contributed by atoms with E-state index in [4.69, 9.17) is 10.8 Å². The van der Waals surface area contributed by atoms with Crippen molar-refractivity contribution in [3.8, 4) is 0 Å². The summed E-state index contributed by atoms with van der Waals surface area (Å²) in [6.45, 7) is 0.537. The molecule has 0 aromatic rings. The Morgan fingerprint density at radius 3 is 3.23 bits per heavy atom. The van der Waals surface area contributed by atoms with Crippen molar-refractivity contribution in [2.45, 2.75) is 6.17 Å². The van der Waals surface area contributed by atoms with E-state index in [-0.39, 0.29) is 18.7 Å². The van der Waals surface area contributed by atoms with Crippen molar-refractivity contribution in [1.82, 2.24) is 5.01 Å². The molecule has 0 aromatic heterocycles. The van der Waals surface area contributed by atoms with Gasteiger partial charge in [-0.1, -0.05) is 0 Å². The Morgan fingerprint density at radius 2 is 2.46 bits per heavy atom. The predicted molar refractivity (Wildman–Crippen MR) is 49.7 cm³/mol. The second-order valence-corrected chi connectivity index (χ2v) is 2.91. The van der Waals surface area contributed by atoms with Gasteiger partial charge in [-0.25, -0.2) is 9.98 Å². The fourth-order valence-electron chi connectivity index (χ4n) is 1.43. The minimum Gasteiger partial charge on any atom is -0.394 e. The fraction of sp³-hybridized carbons (Fsp3) is 0.571. The molecule has 2 aliphatic heterocycles. The van der Waals surface area contributed by atoms with Crippen LogP contribution in [-0.4, -0.2) is 47.8 Å². The standard InChI is InChI=1S/C7H11N5O/c8-6-5-3-11-12(1-2-13)7(5)10-4-9-6/h3-5,7,13H,1-2H2,(H2,8,9,10). The number of rotatable bonds is 2. The van der Waals surface area contributed by atoms with Gasteiger partial charge in [0.1, 0.15) is 12.2 Å². The van der Waals surface area contributed by atoms with Gasteiger partial charge in [0.2, 0.25) is 0 Å². The van der Waals surface area contributed by atoms with Crippen molar-refractivity contribution in [3.63, 3.8) is 0 Å². The lowest BCUT2D eigenvalue weighted by Gasteiger charge is -2.24. The second kappa shape index (κ2) is 3.14. The molecule has 2 aliphatic rings. The van der Waals surface area contributed by atoms with Crippen molar-refractivity contribution in [2.75, 3.05) is 13.2 Å². The van der Waals surface area contributed by atoms with Crippen LogP contribution in [0, 0.1) is 5.92 Å². The molecule has 0 saturated carbocycles. The highest BCUT2D eigenvalue weighted by Gasteiger charge is 2.33. The Labute approximate surface area is 75.5 Å². The summed E-state index contributed by atoms with van der Waals surface area (Å²) >= 11 is 0. The smallest absolute Gasteiger partial charge is 0.153 e. The third-order valence-corrected chi connectivity index (χ3v) is 2.10. The van der Waals surface area contributed by atoms with Crippen LogP contribution in [0.1, 0.15) is 0 Å². The highest BCUT2D eigenvalue weighted by Crippen LogP contribution is 2.20. The predicted octanol–water partition coefficient (Wildman–Crippen LogP) is -1.38.